The number of carbonyl (C=O) groups excluding carboxylic acids is 2. The lowest BCUT2D eigenvalue weighted by molar-refractivity contribution is -0.130. The number of anilines is 1. The summed E-state index contributed by atoms with van der Waals surface area (Å²) in [6, 6.07) is 15.7. The van der Waals surface area contributed by atoms with Crippen LogP contribution in [-0.4, -0.2) is 19.1 Å². The summed E-state index contributed by atoms with van der Waals surface area (Å²) in [5.74, 6) is 0.211. The first kappa shape index (κ1) is 15.8. The molecular weight excluding hydrogens is 306 g/mol. The molecule has 0 spiro atoms. The molecular formula is C19H17NO4. The highest BCUT2D eigenvalue weighted by atomic mass is 16.6. The molecule has 0 saturated carbocycles. The minimum atomic E-state index is -1.37. The molecule has 122 valence electrons. The minimum absolute atomic E-state index is 0.203. The molecule has 0 aliphatic carbocycles. The number of imide groups is 1. The van der Waals surface area contributed by atoms with Crippen molar-refractivity contribution in [1.29, 1.82) is 0 Å². The molecule has 2 aromatic rings. The summed E-state index contributed by atoms with van der Waals surface area (Å²) in [7, 11) is 1.55. The van der Waals surface area contributed by atoms with E-state index in [-0.39, 0.29) is 6.42 Å². The molecule has 1 atom stereocenters. The second-order valence-electron chi connectivity index (χ2n) is 5.39. The van der Waals surface area contributed by atoms with Crippen LogP contribution in [0.2, 0.25) is 0 Å². The predicted octanol–water partition coefficient (Wildman–Crippen LogP) is 3.65. The molecule has 24 heavy (non-hydrogen) atoms. The van der Waals surface area contributed by atoms with Crippen LogP contribution in [0.4, 0.5) is 10.5 Å². The first-order chi connectivity index (χ1) is 11.6. The molecule has 0 bridgehead atoms. The summed E-state index contributed by atoms with van der Waals surface area (Å²) in [5.41, 5.74) is -0.313. The smallest absolute Gasteiger partial charge is 0.422 e. The molecule has 3 rings (SSSR count). The number of amides is 2. The summed E-state index contributed by atoms with van der Waals surface area (Å²) in [5, 5.41) is 0. The molecule has 1 saturated heterocycles. The fraction of sp³-hybridized carbons (Fsp3) is 0.158. The largest absolute Gasteiger partial charge is 0.497 e. The van der Waals surface area contributed by atoms with Crippen LogP contribution in [0.3, 0.4) is 0 Å². The minimum Gasteiger partial charge on any atom is -0.497 e. The quantitative estimate of drug-likeness (QED) is 0.788. The van der Waals surface area contributed by atoms with Gasteiger partial charge < -0.3 is 9.47 Å². The lowest BCUT2D eigenvalue weighted by Gasteiger charge is -2.24. The van der Waals surface area contributed by atoms with Crippen LogP contribution in [0.15, 0.2) is 67.3 Å². The number of hydrogen-bond acceptors (Lipinski definition) is 4. The van der Waals surface area contributed by atoms with Gasteiger partial charge in [-0.25, -0.2) is 9.69 Å². The summed E-state index contributed by atoms with van der Waals surface area (Å²) in [4.78, 5) is 26.6. The Hall–Kier alpha value is -3.08. The Morgan fingerprint density at radius 2 is 1.79 bits per heavy atom. The standard InChI is InChI=1S/C19H17NO4/c1-3-13-19(14-7-5-4-6-8-14)17(21)20(18(22)24-19)15-9-11-16(23-2)12-10-15/h3-12H,1,13H2,2H3. The maximum absolute atomic E-state index is 13.1. The summed E-state index contributed by atoms with van der Waals surface area (Å²) in [6.07, 6.45) is 1.08. The van der Waals surface area contributed by atoms with Gasteiger partial charge in [-0.1, -0.05) is 36.4 Å². The molecule has 1 fully saturated rings. The third kappa shape index (κ3) is 2.44. The average molecular weight is 323 g/mol. The van der Waals surface area contributed by atoms with Crippen LogP contribution in [0.1, 0.15) is 12.0 Å². The van der Waals surface area contributed by atoms with E-state index in [0.717, 1.165) is 4.90 Å². The lowest BCUT2D eigenvalue weighted by Crippen LogP contribution is -2.38. The van der Waals surface area contributed by atoms with Crippen LogP contribution in [0.5, 0.6) is 5.75 Å². The zero-order chi connectivity index (χ0) is 17.2. The number of methoxy groups -OCH3 is 1. The maximum atomic E-state index is 13.1. The Labute approximate surface area is 140 Å². The van der Waals surface area contributed by atoms with Crippen molar-refractivity contribution in [2.45, 2.75) is 12.0 Å². The van der Waals surface area contributed by atoms with E-state index < -0.39 is 17.6 Å². The maximum Gasteiger partial charge on any atom is 0.422 e. The van der Waals surface area contributed by atoms with Gasteiger partial charge >= 0.3 is 6.09 Å². The highest BCUT2D eigenvalue weighted by molar-refractivity contribution is 6.20. The van der Waals surface area contributed by atoms with E-state index in [2.05, 4.69) is 6.58 Å². The molecule has 0 N–H and O–H groups in total. The average Bonchev–Trinajstić information content (AvgIpc) is 2.87. The van der Waals surface area contributed by atoms with E-state index in [4.69, 9.17) is 9.47 Å². The van der Waals surface area contributed by atoms with Crippen LogP contribution < -0.4 is 9.64 Å². The molecule has 2 amide bonds. The van der Waals surface area contributed by atoms with Crippen molar-refractivity contribution in [2.75, 3.05) is 12.0 Å². The van der Waals surface area contributed by atoms with Crippen molar-refractivity contribution < 1.29 is 19.1 Å². The van der Waals surface area contributed by atoms with Crippen molar-refractivity contribution in [2.24, 2.45) is 0 Å². The van der Waals surface area contributed by atoms with Gasteiger partial charge in [0.25, 0.3) is 5.91 Å². The number of cyclic esters (lactones) is 1. The number of nitrogens with zero attached hydrogens (tertiary/aromatic N) is 1. The fourth-order valence-corrected chi connectivity index (χ4v) is 2.80. The Balaban J connectivity index is 2.03. The molecule has 5 nitrogen and oxygen atoms in total. The summed E-state index contributed by atoms with van der Waals surface area (Å²) < 4.78 is 10.6. The van der Waals surface area contributed by atoms with E-state index in [1.165, 1.54) is 0 Å². The first-order valence-electron chi connectivity index (χ1n) is 7.50. The van der Waals surface area contributed by atoms with Crippen molar-refractivity contribution >= 4 is 17.7 Å². The van der Waals surface area contributed by atoms with Gasteiger partial charge in [-0.3, -0.25) is 4.79 Å². The number of carbonyl (C=O) groups is 2. The fourth-order valence-electron chi connectivity index (χ4n) is 2.80. The highest BCUT2D eigenvalue weighted by Gasteiger charge is 2.55. The van der Waals surface area contributed by atoms with Crippen molar-refractivity contribution in [3.05, 3.63) is 72.8 Å². The second-order valence-corrected chi connectivity index (χ2v) is 5.39. The number of ether oxygens (including phenoxy) is 2. The van der Waals surface area contributed by atoms with Crippen molar-refractivity contribution in [3.8, 4) is 5.75 Å². The Bertz CT molecular complexity index is 770. The molecule has 5 heteroatoms. The normalized spacial score (nSPS) is 20.0. The van der Waals surface area contributed by atoms with Crippen LogP contribution in [-0.2, 0) is 15.1 Å². The third-order valence-electron chi connectivity index (χ3n) is 4.00. The zero-order valence-corrected chi connectivity index (χ0v) is 13.3. The van der Waals surface area contributed by atoms with Gasteiger partial charge in [0.2, 0.25) is 5.60 Å². The number of hydrogen-bond donors (Lipinski definition) is 0. The molecule has 0 aromatic heterocycles. The Kier molecular flexibility index (Phi) is 4.08. The molecule has 2 aromatic carbocycles. The van der Waals surface area contributed by atoms with Crippen molar-refractivity contribution in [1.82, 2.24) is 0 Å². The van der Waals surface area contributed by atoms with Crippen molar-refractivity contribution in [3.63, 3.8) is 0 Å². The highest BCUT2D eigenvalue weighted by Crippen LogP contribution is 2.40. The molecule has 1 heterocycles. The monoisotopic (exact) mass is 323 g/mol. The SMILES string of the molecule is C=CCC1(c2ccccc2)OC(=O)N(c2ccc(OC)cc2)C1=O. The molecule has 0 radical (unpaired) electrons. The van der Waals surface area contributed by atoms with Gasteiger partial charge in [0.15, 0.2) is 0 Å². The molecule has 1 aliphatic heterocycles. The second kappa shape index (κ2) is 6.20. The molecule has 1 unspecified atom stereocenters. The summed E-state index contributed by atoms with van der Waals surface area (Å²) >= 11 is 0. The van der Waals surface area contributed by atoms with Gasteiger partial charge in [-0.15, -0.1) is 6.58 Å². The molecule has 1 aliphatic rings. The van der Waals surface area contributed by atoms with Gasteiger partial charge in [-0.2, -0.15) is 0 Å². The third-order valence-corrected chi connectivity index (χ3v) is 4.00. The van der Waals surface area contributed by atoms with E-state index in [0.29, 0.717) is 17.0 Å². The Morgan fingerprint density at radius 3 is 2.38 bits per heavy atom. The van der Waals surface area contributed by atoms with Crippen LogP contribution in [0, 0.1) is 0 Å². The van der Waals surface area contributed by atoms with E-state index in [9.17, 15) is 9.59 Å². The van der Waals surface area contributed by atoms with Gasteiger partial charge in [0.05, 0.1) is 12.8 Å². The van der Waals surface area contributed by atoms with E-state index >= 15 is 0 Å². The lowest BCUT2D eigenvalue weighted by atomic mass is 9.89. The first-order valence-corrected chi connectivity index (χ1v) is 7.50. The number of rotatable bonds is 5. The Morgan fingerprint density at radius 1 is 1.12 bits per heavy atom. The predicted molar refractivity (Wildman–Crippen MR) is 89.9 cm³/mol. The van der Waals surface area contributed by atoms with Gasteiger partial charge in [0, 0.05) is 12.0 Å². The van der Waals surface area contributed by atoms with E-state index in [1.54, 1.807) is 61.7 Å². The van der Waals surface area contributed by atoms with Crippen LogP contribution >= 0.6 is 0 Å². The van der Waals surface area contributed by atoms with Gasteiger partial charge in [0.1, 0.15) is 5.75 Å². The topological polar surface area (TPSA) is 55.8 Å². The summed E-state index contributed by atoms with van der Waals surface area (Å²) in [6.45, 7) is 3.70. The van der Waals surface area contributed by atoms with Crippen LogP contribution in [0.25, 0.3) is 0 Å². The van der Waals surface area contributed by atoms with E-state index in [1.807, 2.05) is 6.07 Å². The zero-order valence-electron chi connectivity index (χ0n) is 13.3. The van der Waals surface area contributed by atoms with Gasteiger partial charge in [-0.05, 0) is 24.3 Å². The number of benzene rings is 2.